The van der Waals surface area contributed by atoms with Gasteiger partial charge < -0.3 is 14.8 Å². The number of carboxylic acids is 1. The summed E-state index contributed by atoms with van der Waals surface area (Å²) in [5, 5.41) is 11.3. The van der Waals surface area contributed by atoms with E-state index in [4.69, 9.17) is 0 Å². The second kappa shape index (κ2) is 27.3. The van der Waals surface area contributed by atoms with Crippen LogP contribution in [0.2, 0.25) is 0 Å². The van der Waals surface area contributed by atoms with Gasteiger partial charge in [-0.25, -0.2) is 0 Å². The number of carbonyl (C=O) groups excluding carboxylic acids is 1. The van der Waals surface area contributed by atoms with Crippen LogP contribution in [-0.4, -0.2) is 30.0 Å². The van der Waals surface area contributed by atoms with Crippen LogP contribution in [-0.2, 0) is 4.79 Å². The molecule has 1 atom stereocenters. The summed E-state index contributed by atoms with van der Waals surface area (Å²) in [6.45, 7) is 8.85. The van der Waals surface area contributed by atoms with E-state index in [1.54, 1.807) is 0 Å². The molecule has 0 N–H and O–H groups in total. The number of aliphatic carboxylic acids is 1. The van der Waals surface area contributed by atoms with Crippen molar-refractivity contribution in [3.05, 3.63) is 0 Å². The van der Waals surface area contributed by atoms with Crippen molar-refractivity contribution < 1.29 is 61.3 Å². The summed E-state index contributed by atoms with van der Waals surface area (Å²) < 4.78 is 0. The second-order valence-corrected chi connectivity index (χ2v) is 9.36. The molecule has 0 amide bonds. The van der Waals surface area contributed by atoms with E-state index in [0.29, 0.717) is 0 Å². The van der Waals surface area contributed by atoms with Crippen molar-refractivity contribution in [2.75, 3.05) is 13.1 Å². The van der Waals surface area contributed by atoms with Crippen LogP contribution >= 0.6 is 0 Å². The largest absolute Gasteiger partial charge is 1.00 e. The molecule has 0 radical (unpaired) electrons. The number of nitrogens with zero attached hydrogens (tertiary/aromatic N) is 1. The first kappa shape index (κ1) is 34.2. The molecule has 31 heavy (non-hydrogen) atoms. The summed E-state index contributed by atoms with van der Waals surface area (Å²) in [6, 6.07) is 0.170. The Morgan fingerprint density at radius 2 is 0.968 bits per heavy atom. The predicted octanol–water partition coefficient (Wildman–Crippen LogP) is 4.27. The van der Waals surface area contributed by atoms with Crippen molar-refractivity contribution in [1.82, 2.24) is 4.90 Å². The van der Waals surface area contributed by atoms with Gasteiger partial charge in [-0.1, -0.05) is 124 Å². The minimum atomic E-state index is -0.882. The van der Waals surface area contributed by atoms with Crippen LogP contribution in [0.15, 0.2) is 0 Å². The molecule has 1 unspecified atom stereocenters. The molecule has 0 rings (SSSR count). The average Bonchev–Trinajstić information content (AvgIpc) is 2.73. The van der Waals surface area contributed by atoms with Crippen LogP contribution < -0.4 is 56.5 Å². The summed E-state index contributed by atoms with van der Waals surface area (Å²) in [5.41, 5.74) is 0. The molecule has 0 saturated carbocycles. The van der Waals surface area contributed by atoms with Crippen molar-refractivity contribution in [1.29, 1.82) is 0 Å². The van der Waals surface area contributed by atoms with Crippen LogP contribution in [0.25, 0.3) is 0 Å². The monoisotopic (exact) mass is 463 g/mol. The molecule has 0 aliphatic heterocycles. The molecular formula is C27H54KNO2. The summed E-state index contributed by atoms with van der Waals surface area (Å²) in [5.74, 6) is -0.882. The maximum Gasteiger partial charge on any atom is 1.00 e. The zero-order chi connectivity index (χ0) is 22.3. The van der Waals surface area contributed by atoms with Crippen molar-refractivity contribution in [2.24, 2.45) is 0 Å². The molecule has 0 aliphatic carbocycles. The maximum absolute atomic E-state index is 11.3. The van der Waals surface area contributed by atoms with Gasteiger partial charge in [-0.05, 0) is 32.4 Å². The molecular weight excluding hydrogens is 409 g/mol. The fourth-order valence-electron chi connectivity index (χ4n) is 4.42. The summed E-state index contributed by atoms with van der Waals surface area (Å²) in [4.78, 5) is 13.8. The van der Waals surface area contributed by atoms with E-state index in [1.165, 1.54) is 103 Å². The zero-order valence-electron chi connectivity index (χ0n) is 21.9. The number of carboxylic acid groups (broad SMARTS) is 1. The van der Waals surface area contributed by atoms with Gasteiger partial charge in [-0.2, -0.15) is 0 Å². The van der Waals surface area contributed by atoms with Crippen molar-refractivity contribution in [3.8, 4) is 0 Å². The van der Waals surface area contributed by atoms with E-state index in [-0.39, 0.29) is 63.8 Å². The van der Waals surface area contributed by atoms with Crippen LogP contribution in [0.4, 0.5) is 0 Å². The number of rotatable bonds is 24. The minimum absolute atomic E-state index is 0. The molecule has 0 aromatic carbocycles. The van der Waals surface area contributed by atoms with E-state index in [0.717, 1.165) is 32.4 Å². The average molecular weight is 464 g/mol. The number of hydrogen-bond acceptors (Lipinski definition) is 3. The van der Waals surface area contributed by atoms with Gasteiger partial charge in [0, 0.05) is 18.4 Å². The van der Waals surface area contributed by atoms with E-state index < -0.39 is 5.97 Å². The summed E-state index contributed by atoms with van der Waals surface area (Å²) >= 11 is 0. The fourth-order valence-corrected chi connectivity index (χ4v) is 4.42. The predicted molar refractivity (Wildman–Crippen MR) is 130 cm³/mol. The fraction of sp³-hybridized carbons (Fsp3) is 0.963. The van der Waals surface area contributed by atoms with Gasteiger partial charge in [0.2, 0.25) is 0 Å². The molecule has 180 valence electrons. The molecule has 0 saturated heterocycles. The Bertz CT molecular complexity index is 345. The van der Waals surface area contributed by atoms with E-state index in [2.05, 4.69) is 25.7 Å². The Hall–Kier alpha value is 1.07. The Kier molecular flexibility index (Phi) is 30.2. The van der Waals surface area contributed by atoms with Gasteiger partial charge in [-0.3, -0.25) is 0 Å². The van der Waals surface area contributed by atoms with Crippen molar-refractivity contribution in [3.63, 3.8) is 0 Å². The Labute approximate surface area is 238 Å². The van der Waals surface area contributed by atoms with Gasteiger partial charge in [0.15, 0.2) is 0 Å². The van der Waals surface area contributed by atoms with Crippen LogP contribution in [0.1, 0.15) is 149 Å². The molecule has 0 spiro atoms. The number of unbranched alkanes of at least 4 members (excludes halogenated alkanes) is 15. The molecule has 0 aromatic rings. The number of hydrogen-bond donors (Lipinski definition) is 0. The molecule has 4 heteroatoms. The number of carbonyl (C=O) groups is 1. The first-order chi connectivity index (χ1) is 14.7. The zero-order valence-corrected chi connectivity index (χ0v) is 25.0. The molecule has 0 aromatic heterocycles. The van der Waals surface area contributed by atoms with Crippen molar-refractivity contribution in [2.45, 2.75) is 155 Å². The van der Waals surface area contributed by atoms with E-state index in [9.17, 15) is 9.90 Å². The SMILES string of the molecule is CCCCCCCCCCN(CCCCCCCCCC)C(CCCC)CC(=O)[O-].[K+]. The van der Waals surface area contributed by atoms with Crippen LogP contribution in [0.5, 0.6) is 0 Å². The molecule has 0 heterocycles. The topological polar surface area (TPSA) is 43.4 Å². The van der Waals surface area contributed by atoms with Gasteiger partial charge in [0.25, 0.3) is 0 Å². The van der Waals surface area contributed by atoms with Gasteiger partial charge in [0.1, 0.15) is 0 Å². The Morgan fingerprint density at radius 1 is 0.613 bits per heavy atom. The third-order valence-corrected chi connectivity index (χ3v) is 6.41. The second-order valence-electron chi connectivity index (χ2n) is 9.36. The minimum Gasteiger partial charge on any atom is -0.550 e. The van der Waals surface area contributed by atoms with Crippen molar-refractivity contribution >= 4 is 5.97 Å². The third-order valence-electron chi connectivity index (χ3n) is 6.41. The normalized spacial score (nSPS) is 12.1. The Morgan fingerprint density at radius 3 is 1.32 bits per heavy atom. The van der Waals surface area contributed by atoms with E-state index >= 15 is 0 Å². The third kappa shape index (κ3) is 24.0. The molecule has 0 fully saturated rings. The summed E-state index contributed by atoms with van der Waals surface area (Å²) in [7, 11) is 0. The Balaban J connectivity index is 0. The molecule has 0 aliphatic rings. The van der Waals surface area contributed by atoms with E-state index in [1.807, 2.05) is 0 Å². The first-order valence-corrected chi connectivity index (χ1v) is 13.6. The van der Waals surface area contributed by atoms with Gasteiger partial charge >= 0.3 is 51.4 Å². The quantitative estimate of drug-likeness (QED) is 0.159. The van der Waals surface area contributed by atoms with Gasteiger partial charge in [-0.15, -0.1) is 0 Å². The standard InChI is InChI=1S/C27H55NO2.K/c1-4-7-10-12-14-16-18-20-23-28(26(22-9-6-3)25-27(29)30)24-21-19-17-15-13-11-8-5-2;/h26H,4-25H2,1-3H3,(H,29,30);/q;+1/p-1. The molecule has 0 bridgehead atoms. The molecule has 3 nitrogen and oxygen atoms in total. The summed E-state index contributed by atoms with van der Waals surface area (Å²) in [6.07, 6.45) is 24.7. The maximum atomic E-state index is 11.3. The van der Waals surface area contributed by atoms with Gasteiger partial charge in [0.05, 0.1) is 0 Å². The van der Waals surface area contributed by atoms with Crippen LogP contribution in [0, 0.1) is 0 Å². The smallest absolute Gasteiger partial charge is 0.550 e. The van der Waals surface area contributed by atoms with Crippen LogP contribution in [0.3, 0.4) is 0 Å². The first-order valence-electron chi connectivity index (χ1n) is 13.6.